The average Bonchev–Trinajstić information content (AvgIpc) is 2.43. The number of hydrogen-bond acceptors (Lipinski definition) is 1. The third kappa shape index (κ3) is 2.16. The number of halogens is 2. The van der Waals surface area contributed by atoms with Gasteiger partial charge in [0.2, 0.25) is 0 Å². The Bertz CT molecular complexity index is 766. The third-order valence-corrected chi connectivity index (χ3v) is 3.87. The molecule has 0 radical (unpaired) electrons. The van der Waals surface area contributed by atoms with Gasteiger partial charge in [0.25, 0.3) is 0 Å². The number of phenolic OH excluding ortho intramolecular Hbond substituents is 1. The zero-order valence-corrected chi connectivity index (χ0v) is 11.4. The van der Waals surface area contributed by atoms with Gasteiger partial charge in [-0.2, -0.15) is 0 Å². The highest BCUT2D eigenvalue weighted by Gasteiger charge is 2.08. The lowest BCUT2D eigenvalue weighted by molar-refractivity contribution is 0.481. The number of rotatable bonds is 1. The van der Waals surface area contributed by atoms with Crippen molar-refractivity contribution in [3.63, 3.8) is 0 Å². The number of phenols is 1. The maximum Gasteiger partial charge on any atom is 0.123 e. The van der Waals surface area contributed by atoms with Crippen molar-refractivity contribution < 1.29 is 5.11 Å². The zero-order chi connectivity index (χ0) is 13.4. The zero-order valence-electron chi connectivity index (χ0n) is 9.90. The maximum absolute atomic E-state index is 9.89. The van der Waals surface area contributed by atoms with Crippen molar-refractivity contribution in [1.82, 2.24) is 0 Å². The number of fused-ring (bicyclic) bond motifs is 1. The summed E-state index contributed by atoms with van der Waals surface area (Å²) in [7, 11) is 0. The molecule has 0 amide bonds. The van der Waals surface area contributed by atoms with E-state index in [4.69, 9.17) is 23.2 Å². The van der Waals surface area contributed by atoms with Crippen molar-refractivity contribution in [3.8, 4) is 16.9 Å². The molecule has 3 aromatic carbocycles. The average molecular weight is 289 g/mol. The monoisotopic (exact) mass is 288 g/mol. The van der Waals surface area contributed by atoms with Crippen LogP contribution in [0, 0.1) is 0 Å². The molecule has 0 fully saturated rings. The molecular formula is C16H10Cl2O. The predicted octanol–water partition coefficient (Wildman–Crippen LogP) is 5.52. The van der Waals surface area contributed by atoms with E-state index in [-0.39, 0.29) is 5.75 Å². The summed E-state index contributed by atoms with van der Waals surface area (Å²) in [5.74, 6) is 0.277. The van der Waals surface area contributed by atoms with Crippen LogP contribution in [0.1, 0.15) is 0 Å². The summed E-state index contributed by atoms with van der Waals surface area (Å²) in [5, 5.41) is 12.8. The Kier molecular flexibility index (Phi) is 3.09. The van der Waals surface area contributed by atoms with Gasteiger partial charge in [-0.15, -0.1) is 0 Å². The second-order valence-corrected chi connectivity index (χ2v) is 5.12. The fraction of sp³-hybridized carbons (Fsp3) is 0. The Morgan fingerprint density at radius 1 is 0.737 bits per heavy atom. The molecule has 0 aliphatic carbocycles. The van der Waals surface area contributed by atoms with E-state index in [2.05, 4.69) is 0 Å². The molecule has 1 N–H and O–H groups in total. The van der Waals surface area contributed by atoms with E-state index in [0.29, 0.717) is 10.0 Å². The van der Waals surface area contributed by atoms with Crippen LogP contribution in [0.4, 0.5) is 0 Å². The van der Waals surface area contributed by atoms with E-state index < -0.39 is 0 Å². The second-order valence-electron chi connectivity index (χ2n) is 4.31. The minimum Gasteiger partial charge on any atom is -0.507 e. The van der Waals surface area contributed by atoms with Gasteiger partial charge in [0.05, 0.1) is 10.0 Å². The van der Waals surface area contributed by atoms with Crippen LogP contribution < -0.4 is 0 Å². The first-order valence-electron chi connectivity index (χ1n) is 5.83. The lowest BCUT2D eigenvalue weighted by Gasteiger charge is -2.09. The van der Waals surface area contributed by atoms with Crippen molar-refractivity contribution in [2.24, 2.45) is 0 Å². The molecule has 0 spiro atoms. The lowest BCUT2D eigenvalue weighted by atomic mass is 9.98. The molecule has 0 aliphatic rings. The summed E-state index contributed by atoms with van der Waals surface area (Å²) in [6, 6.07) is 16.8. The molecule has 0 heterocycles. The molecule has 1 nitrogen and oxygen atoms in total. The van der Waals surface area contributed by atoms with Crippen molar-refractivity contribution in [1.29, 1.82) is 0 Å². The molecule has 0 aliphatic heterocycles. The molecule has 0 bridgehead atoms. The van der Waals surface area contributed by atoms with Gasteiger partial charge in [0, 0.05) is 5.39 Å². The largest absolute Gasteiger partial charge is 0.507 e. The molecule has 0 unspecified atom stereocenters. The highest BCUT2D eigenvalue weighted by atomic mass is 35.5. The first-order chi connectivity index (χ1) is 9.16. The number of benzene rings is 3. The molecule has 3 aromatic rings. The van der Waals surface area contributed by atoms with Crippen LogP contribution >= 0.6 is 23.2 Å². The van der Waals surface area contributed by atoms with E-state index in [1.54, 1.807) is 12.1 Å². The van der Waals surface area contributed by atoms with Gasteiger partial charge in [-0.1, -0.05) is 59.6 Å². The summed E-state index contributed by atoms with van der Waals surface area (Å²) in [5.41, 5.74) is 2.00. The summed E-state index contributed by atoms with van der Waals surface area (Å²) in [6.45, 7) is 0. The fourth-order valence-corrected chi connectivity index (χ4v) is 2.50. The van der Waals surface area contributed by atoms with E-state index in [1.807, 2.05) is 42.5 Å². The van der Waals surface area contributed by atoms with Gasteiger partial charge in [0.15, 0.2) is 0 Å². The highest BCUT2D eigenvalue weighted by molar-refractivity contribution is 6.42. The van der Waals surface area contributed by atoms with E-state index in [9.17, 15) is 5.11 Å². The van der Waals surface area contributed by atoms with Crippen LogP contribution in [0.2, 0.25) is 10.0 Å². The van der Waals surface area contributed by atoms with Gasteiger partial charge in [-0.25, -0.2) is 0 Å². The minimum absolute atomic E-state index is 0.277. The minimum atomic E-state index is 0.277. The summed E-state index contributed by atoms with van der Waals surface area (Å²) >= 11 is 12.0. The van der Waals surface area contributed by atoms with Crippen molar-refractivity contribution in [3.05, 3.63) is 64.6 Å². The number of aromatic hydroxyl groups is 1. The molecular weight excluding hydrogens is 279 g/mol. The predicted molar refractivity (Wildman–Crippen MR) is 81.1 cm³/mol. The topological polar surface area (TPSA) is 20.2 Å². The second kappa shape index (κ2) is 4.76. The van der Waals surface area contributed by atoms with Crippen molar-refractivity contribution in [2.45, 2.75) is 0 Å². The molecule has 0 saturated heterocycles. The normalized spacial score (nSPS) is 10.8. The van der Waals surface area contributed by atoms with E-state index in [1.165, 1.54) is 0 Å². The molecule has 0 atom stereocenters. The molecule has 0 aromatic heterocycles. The molecule has 3 rings (SSSR count). The summed E-state index contributed by atoms with van der Waals surface area (Å²) in [4.78, 5) is 0. The van der Waals surface area contributed by atoms with E-state index in [0.717, 1.165) is 21.9 Å². The van der Waals surface area contributed by atoms with Crippen molar-refractivity contribution >= 4 is 34.0 Å². The van der Waals surface area contributed by atoms with E-state index >= 15 is 0 Å². The molecule has 94 valence electrons. The van der Waals surface area contributed by atoms with Gasteiger partial charge in [0.1, 0.15) is 5.75 Å². The molecule has 19 heavy (non-hydrogen) atoms. The van der Waals surface area contributed by atoms with Crippen LogP contribution in [0.3, 0.4) is 0 Å². The first-order valence-corrected chi connectivity index (χ1v) is 6.58. The Balaban J connectivity index is 2.31. The summed E-state index contributed by atoms with van der Waals surface area (Å²) in [6.07, 6.45) is 0. The van der Waals surface area contributed by atoms with Gasteiger partial charge in [-0.3, -0.25) is 0 Å². The third-order valence-electron chi connectivity index (χ3n) is 3.13. The molecule has 3 heteroatoms. The fourth-order valence-electron chi connectivity index (χ4n) is 2.20. The van der Waals surface area contributed by atoms with Crippen LogP contribution in [0.15, 0.2) is 54.6 Å². The summed E-state index contributed by atoms with van der Waals surface area (Å²) < 4.78 is 0. The Hall–Kier alpha value is -1.70. The molecule has 0 saturated carbocycles. The van der Waals surface area contributed by atoms with Crippen LogP contribution in [0.25, 0.3) is 21.9 Å². The standard InChI is InChI=1S/C16H10Cl2O/c17-14-7-5-10(9-15(14)18)11-6-8-16(19)13-4-2-1-3-12(11)13/h1-9,19H. The van der Waals surface area contributed by atoms with Crippen LogP contribution in [0.5, 0.6) is 5.75 Å². The smallest absolute Gasteiger partial charge is 0.123 e. The van der Waals surface area contributed by atoms with Crippen LogP contribution in [-0.2, 0) is 0 Å². The SMILES string of the molecule is Oc1ccc(-c2ccc(Cl)c(Cl)c2)c2ccccc12. The quantitative estimate of drug-likeness (QED) is 0.625. The van der Waals surface area contributed by atoms with Gasteiger partial charge < -0.3 is 5.11 Å². The lowest BCUT2D eigenvalue weighted by Crippen LogP contribution is -1.82. The first kappa shape index (κ1) is 12.3. The Morgan fingerprint density at radius 2 is 1.47 bits per heavy atom. The van der Waals surface area contributed by atoms with Crippen molar-refractivity contribution in [2.75, 3.05) is 0 Å². The van der Waals surface area contributed by atoms with Gasteiger partial charge in [-0.05, 0) is 34.7 Å². The van der Waals surface area contributed by atoms with Crippen LogP contribution in [-0.4, -0.2) is 5.11 Å². The highest BCUT2D eigenvalue weighted by Crippen LogP contribution is 2.35. The number of hydrogen-bond donors (Lipinski definition) is 1. The Labute approximate surface area is 121 Å². The maximum atomic E-state index is 9.89. The van der Waals surface area contributed by atoms with Gasteiger partial charge >= 0.3 is 0 Å². The Morgan fingerprint density at radius 3 is 2.21 bits per heavy atom.